The van der Waals surface area contributed by atoms with Crippen molar-refractivity contribution in [3.63, 3.8) is 0 Å². The molecule has 3 aromatic rings. The molecule has 2 N–H and O–H groups in total. The molecular formula is C20H24Cl2N4O. The van der Waals surface area contributed by atoms with Crippen LogP contribution in [0, 0.1) is 0 Å². The van der Waals surface area contributed by atoms with Crippen molar-refractivity contribution in [2.45, 2.75) is 24.9 Å². The number of fused-ring (bicyclic) bond motifs is 1. The van der Waals surface area contributed by atoms with Gasteiger partial charge in [-0.2, -0.15) is 0 Å². The molecule has 0 spiro atoms. The van der Waals surface area contributed by atoms with Crippen molar-refractivity contribution in [2.75, 3.05) is 13.1 Å². The van der Waals surface area contributed by atoms with Crippen molar-refractivity contribution in [2.24, 2.45) is 5.73 Å². The molecule has 1 aliphatic rings. The maximum absolute atomic E-state index is 12.6. The van der Waals surface area contributed by atoms with Crippen molar-refractivity contribution in [3.05, 3.63) is 66.5 Å². The predicted octanol–water partition coefficient (Wildman–Crippen LogP) is 3.22. The molecule has 2 atom stereocenters. The fourth-order valence-corrected chi connectivity index (χ4v) is 3.65. The molecule has 7 heteroatoms. The van der Waals surface area contributed by atoms with Crippen LogP contribution < -0.4 is 5.73 Å². The molecule has 0 aliphatic carbocycles. The minimum Gasteiger partial charge on any atom is -0.340 e. The average Bonchev–Trinajstić information content (AvgIpc) is 3.24. The Morgan fingerprint density at radius 3 is 2.52 bits per heavy atom. The van der Waals surface area contributed by atoms with Crippen LogP contribution in [0.1, 0.15) is 17.9 Å². The van der Waals surface area contributed by atoms with E-state index in [1.807, 2.05) is 51.9 Å². The summed E-state index contributed by atoms with van der Waals surface area (Å²) in [5.74, 6) is 0.380. The van der Waals surface area contributed by atoms with Gasteiger partial charge in [-0.25, -0.2) is 4.98 Å². The lowest BCUT2D eigenvalue weighted by Crippen LogP contribution is -2.32. The third kappa shape index (κ3) is 4.43. The number of halogens is 2. The van der Waals surface area contributed by atoms with Gasteiger partial charge in [-0.15, -0.1) is 24.8 Å². The smallest absolute Gasteiger partial charge is 0.224 e. The van der Waals surface area contributed by atoms with E-state index in [0.717, 1.165) is 11.0 Å². The minimum atomic E-state index is 0. The van der Waals surface area contributed by atoms with Gasteiger partial charge in [0.2, 0.25) is 5.91 Å². The van der Waals surface area contributed by atoms with E-state index in [0.29, 0.717) is 26.1 Å². The van der Waals surface area contributed by atoms with Crippen molar-refractivity contribution in [1.82, 2.24) is 14.5 Å². The molecule has 0 radical (unpaired) electrons. The van der Waals surface area contributed by atoms with Crippen LogP contribution in [0.4, 0.5) is 0 Å². The first-order valence-electron chi connectivity index (χ1n) is 8.70. The van der Waals surface area contributed by atoms with Gasteiger partial charge in [-0.3, -0.25) is 4.79 Å². The predicted molar refractivity (Wildman–Crippen MR) is 113 cm³/mol. The number of imidazole rings is 1. The second kappa shape index (κ2) is 9.22. The Bertz CT molecular complexity index is 884. The second-order valence-electron chi connectivity index (χ2n) is 6.66. The number of aromatic nitrogens is 2. The number of carbonyl (C=O) groups excluding carboxylic acids is 1. The number of benzene rings is 2. The Morgan fingerprint density at radius 2 is 1.74 bits per heavy atom. The van der Waals surface area contributed by atoms with Gasteiger partial charge in [-0.1, -0.05) is 42.5 Å². The average molecular weight is 407 g/mol. The van der Waals surface area contributed by atoms with Gasteiger partial charge in [-0.05, 0) is 17.7 Å². The Labute approximate surface area is 171 Å². The van der Waals surface area contributed by atoms with E-state index in [9.17, 15) is 4.79 Å². The largest absolute Gasteiger partial charge is 0.340 e. The fourth-order valence-electron chi connectivity index (χ4n) is 3.65. The van der Waals surface area contributed by atoms with E-state index >= 15 is 0 Å². The first-order valence-corrected chi connectivity index (χ1v) is 8.70. The summed E-state index contributed by atoms with van der Waals surface area (Å²) in [6, 6.07) is 18.2. The van der Waals surface area contributed by atoms with Crippen LogP contribution in [0.5, 0.6) is 0 Å². The van der Waals surface area contributed by atoms with Crippen LogP contribution in [0.2, 0.25) is 0 Å². The van der Waals surface area contributed by atoms with E-state index in [-0.39, 0.29) is 42.7 Å². The maximum Gasteiger partial charge on any atom is 0.224 e. The number of carbonyl (C=O) groups is 1. The van der Waals surface area contributed by atoms with E-state index in [1.54, 1.807) is 6.33 Å². The second-order valence-corrected chi connectivity index (χ2v) is 6.66. The number of amides is 1. The monoisotopic (exact) mass is 406 g/mol. The highest BCUT2D eigenvalue weighted by Gasteiger charge is 2.33. The van der Waals surface area contributed by atoms with Gasteiger partial charge >= 0.3 is 0 Å². The highest BCUT2D eigenvalue weighted by atomic mass is 35.5. The van der Waals surface area contributed by atoms with Crippen LogP contribution in [0.25, 0.3) is 11.0 Å². The van der Waals surface area contributed by atoms with Gasteiger partial charge in [0.25, 0.3) is 0 Å². The summed E-state index contributed by atoms with van der Waals surface area (Å²) in [7, 11) is 0. The summed E-state index contributed by atoms with van der Waals surface area (Å²) in [5, 5.41) is 0. The molecule has 0 saturated carbocycles. The van der Waals surface area contributed by atoms with Gasteiger partial charge in [0, 0.05) is 38.0 Å². The molecule has 2 aromatic carbocycles. The molecule has 4 rings (SSSR count). The molecule has 27 heavy (non-hydrogen) atoms. The fraction of sp³-hybridized carbons (Fsp3) is 0.300. The summed E-state index contributed by atoms with van der Waals surface area (Å²) < 4.78 is 2.04. The SMILES string of the molecule is Cl.Cl.N[C@@H]1CN(C(=O)CCn2cnc3ccccc32)C[C@H]1c1ccccc1. The number of nitrogens with two attached hydrogens (primary N) is 1. The zero-order valence-electron chi connectivity index (χ0n) is 14.9. The molecule has 1 amide bonds. The first kappa shape index (κ1) is 21.2. The third-order valence-electron chi connectivity index (χ3n) is 5.04. The minimum absolute atomic E-state index is 0. The summed E-state index contributed by atoms with van der Waals surface area (Å²) >= 11 is 0. The van der Waals surface area contributed by atoms with Crippen LogP contribution in [-0.4, -0.2) is 39.5 Å². The number of aryl methyl sites for hydroxylation is 1. The summed E-state index contributed by atoms with van der Waals surface area (Å²) in [6.45, 7) is 1.97. The van der Waals surface area contributed by atoms with Gasteiger partial charge < -0.3 is 15.2 Å². The van der Waals surface area contributed by atoms with E-state index in [1.165, 1.54) is 5.56 Å². The van der Waals surface area contributed by atoms with E-state index in [4.69, 9.17) is 5.73 Å². The third-order valence-corrected chi connectivity index (χ3v) is 5.04. The Balaban J connectivity index is 0.00000131. The van der Waals surface area contributed by atoms with E-state index in [2.05, 4.69) is 17.1 Å². The number of rotatable bonds is 4. The molecular weight excluding hydrogens is 383 g/mol. The number of para-hydroxylation sites is 2. The Morgan fingerprint density at radius 1 is 1.04 bits per heavy atom. The quantitative estimate of drug-likeness (QED) is 0.723. The van der Waals surface area contributed by atoms with Crippen molar-refractivity contribution in [3.8, 4) is 0 Å². The standard InChI is InChI=1S/C20H22N4O.2ClH/c21-17-13-24(12-16(17)15-6-2-1-3-7-15)20(25)10-11-23-14-22-18-8-4-5-9-19(18)23;;/h1-9,14,16-17H,10-13,21H2;2*1H/t16-,17+;;/m0../s1. The zero-order valence-corrected chi connectivity index (χ0v) is 16.5. The molecule has 1 aromatic heterocycles. The highest BCUT2D eigenvalue weighted by molar-refractivity contribution is 5.85. The summed E-state index contributed by atoms with van der Waals surface area (Å²) in [6.07, 6.45) is 2.27. The molecule has 1 saturated heterocycles. The lowest BCUT2D eigenvalue weighted by Gasteiger charge is -2.17. The molecule has 5 nitrogen and oxygen atoms in total. The van der Waals surface area contributed by atoms with E-state index < -0.39 is 0 Å². The number of nitrogens with zero attached hydrogens (tertiary/aromatic N) is 3. The maximum atomic E-state index is 12.6. The van der Waals surface area contributed by atoms with Crippen LogP contribution in [-0.2, 0) is 11.3 Å². The van der Waals surface area contributed by atoms with Crippen molar-refractivity contribution >= 4 is 41.8 Å². The molecule has 2 heterocycles. The normalized spacial score (nSPS) is 18.8. The van der Waals surface area contributed by atoms with Crippen LogP contribution >= 0.6 is 24.8 Å². The lowest BCUT2D eigenvalue weighted by atomic mass is 9.95. The van der Waals surface area contributed by atoms with Gasteiger partial charge in [0.05, 0.1) is 17.4 Å². The van der Waals surface area contributed by atoms with Crippen LogP contribution in [0.3, 0.4) is 0 Å². The lowest BCUT2D eigenvalue weighted by molar-refractivity contribution is -0.130. The van der Waals surface area contributed by atoms with Gasteiger partial charge in [0.15, 0.2) is 0 Å². The highest BCUT2D eigenvalue weighted by Crippen LogP contribution is 2.26. The summed E-state index contributed by atoms with van der Waals surface area (Å²) in [4.78, 5) is 18.9. The van der Waals surface area contributed by atoms with Crippen molar-refractivity contribution < 1.29 is 4.79 Å². The molecule has 1 aliphatic heterocycles. The number of hydrogen-bond donors (Lipinski definition) is 1. The molecule has 144 valence electrons. The number of likely N-dealkylation sites (tertiary alicyclic amines) is 1. The first-order chi connectivity index (χ1) is 12.2. The Kier molecular flexibility index (Phi) is 7.25. The van der Waals surface area contributed by atoms with Crippen LogP contribution in [0.15, 0.2) is 60.9 Å². The topological polar surface area (TPSA) is 64.2 Å². The molecule has 1 fully saturated rings. The summed E-state index contributed by atoms with van der Waals surface area (Å²) in [5.41, 5.74) is 9.53. The van der Waals surface area contributed by atoms with Gasteiger partial charge in [0.1, 0.15) is 0 Å². The Hall–Kier alpha value is -2.08. The van der Waals surface area contributed by atoms with Crippen molar-refractivity contribution in [1.29, 1.82) is 0 Å². The molecule has 0 unspecified atom stereocenters. The number of hydrogen-bond acceptors (Lipinski definition) is 3. The molecule has 0 bridgehead atoms. The zero-order chi connectivity index (χ0) is 17.2.